The van der Waals surface area contributed by atoms with Crippen molar-refractivity contribution < 1.29 is 0 Å². The molecule has 2 aliphatic rings. The van der Waals surface area contributed by atoms with E-state index >= 15 is 0 Å². The molecule has 0 radical (unpaired) electrons. The molecule has 0 saturated heterocycles. The van der Waals surface area contributed by atoms with Crippen molar-refractivity contribution in [1.82, 2.24) is 14.5 Å². The normalized spacial score (nSPS) is 15.3. The van der Waals surface area contributed by atoms with Crippen LogP contribution >= 0.6 is 0 Å². The Morgan fingerprint density at radius 1 is 0.659 bits per heavy atom. The van der Waals surface area contributed by atoms with Crippen molar-refractivity contribution in [3.05, 3.63) is 144 Å². The molecule has 9 rings (SSSR count). The van der Waals surface area contributed by atoms with E-state index in [0.717, 1.165) is 35.0 Å². The standard InChI is InChI=1S/C41H31N3/c1-41(2)35-13-7-5-11-32(35)33-21-19-29(23-36(33)41)26-15-17-27(18-16-26)30-24-42-40(43-25-30)44-37-14-8-6-12-34(37)39-31-10-4-3-9-28(31)20-22-38(39)44/h3-4,6-10,12-25H,5,11H2,1-2H3. The Bertz CT molecular complexity index is 2330. The largest absolute Gasteiger partial charge is 0.278 e. The van der Waals surface area contributed by atoms with Gasteiger partial charge in [0.05, 0.1) is 11.0 Å². The molecule has 210 valence electrons. The first-order chi connectivity index (χ1) is 21.6. The van der Waals surface area contributed by atoms with E-state index in [-0.39, 0.29) is 5.41 Å². The van der Waals surface area contributed by atoms with Crippen LogP contribution in [0.2, 0.25) is 0 Å². The lowest BCUT2D eigenvalue weighted by atomic mass is 9.79. The molecule has 0 amide bonds. The maximum atomic E-state index is 4.89. The van der Waals surface area contributed by atoms with Gasteiger partial charge in [0.2, 0.25) is 5.95 Å². The molecule has 3 heteroatoms. The van der Waals surface area contributed by atoms with Crippen molar-refractivity contribution in [3.8, 4) is 28.2 Å². The number of hydrogen-bond donors (Lipinski definition) is 0. The zero-order chi connectivity index (χ0) is 29.4. The Hall–Kier alpha value is -5.28. The molecule has 7 aromatic rings. The summed E-state index contributed by atoms with van der Waals surface area (Å²) in [6.07, 6.45) is 10.8. The second-order valence-electron chi connectivity index (χ2n) is 12.6. The first kappa shape index (κ1) is 25.2. The van der Waals surface area contributed by atoms with Crippen LogP contribution in [0.4, 0.5) is 0 Å². The van der Waals surface area contributed by atoms with E-state index in [0.29, 0.717) is 5.95 Å². The first-order valence-corrected chi connectivity index (χ1v) is 15.5. The van der Waals surface area contributed by atoms with E-state index in [9.17, 15) is 0 Å². The fourth-order valence-electron chi connectivity index (χ4n) is 7.57. The van der Waals surface area contributed by atoms with Crippen LogP contribution in [-0.2, 0) is 5.41 Å². The predicted octanol–water partition coefficient (Wildman–Crippen LogP) is 10.5. The first-order valence-electron chi connectivity index (χ1n) is 15.5. The third-order valence-electron chi connectivity index (χ3n) is 9.81. The fraction of sp³-hybridized carbons (Fsp3) is 0.122. The number of benzene rings is 5. The molecular weight excluding hydrogens is 534 g/mol. The quantitative estimate of drug-likeness (QED) is 0.213. The average Bonchev–Trinajstić information content (AvgIpc) is 3.54. The van der Waals surface area contributed by atoms with Crippen molar-refractivity contribution in [2.45, 2.75) is 32.1 Å². The summed E-state index contributed by atoms with van der Waals surface area (Å²) in [5.41, 5.74) is 12.8. The molecule has 0 atom stereocenters. The molecule has 2 aromatic heterocycles. The number of para-hydroxylation sites is 1. The second-order valence-corrected chi connectivity index (χ2v) is 12.6. The van der Waals surface area contributed by atoms with Crippen LogP contribution in [0.5, 0.6) is 0 Å². The summed E-state index contributed by atoms with van der Waals surface area (Å²) in [5, 5.41) is 4.93. The van der Waals surface area contributed by atoms with E-state index in [4.69, 9.17) is 9.97 Å². The minimum Gasteiger partial charge on any atom is -0.278 e. The zero-order valence-corrected chi connectivity index (χ0v) is 24.9. The molecule has 0 spiro atoms. The van der Waals surface area contributed by atoms with Gasteiger partial charge in [0.15, 0.2) is 0 Å². The van der Waals surface area contributed by atoms with Crippen LogP contribution in [0.25, 0.3) is 66.4 Å². The molecule has 0 fully saturated rings. The fourth-order valence-corrected chi connectivity index (χ4v) is 7.57. The molecule has 2 heterocycles. The number of aromatic nitrogens is 3. The predicted molar refractivity (Wildman–Crippen MR) is 183 cm³/mol. The highest BCUT2D eigenvalue weighted by Crippen LogP contribution is 2.50. The third-order valence-corrected chi connectivity index (χ3v) is 9.81. The Morgan fingerprint density at radius 2 is 1.36 bits per heavy atom. The van der Waals surface area contributed by atoms with Crippen molar-refractivity contribution in [2.24, 2.45) is 0 Å². The topological polar surface area (TPSA) is 30.7 Å². The number of fused-ring (bicyclic) bond motifs is 7. The highest BCUT2D eigenvalue weighted by molar-refractivity contribution is 6.21. The van der Waals surface area contributed by atoms with E-state index in [2.05, 4.69) is 134 Å². The monoisotopic (exact) mass is 565 g/mol. The lowest BCUT2D eigenvalue weighted by Gasteiger charge is -2.24. The van der Waals surface area contributed by atoms with E-state index in [1.54, 1.807) is 0 Å². The van der Waals surface area contributed by atoms with Gasteiger partial charge in [-0.05, 0) is 80.8 Å². The molecule has 0 saturated carbocycles. The van der Waals surface area contributed by atoms with Crippen LogP contribution in [0.1, 0.15) is 37.8 Å². The van der Waals surface area contributed by atoms with Gasteiger partial charge in [0.25, 0.3) is 0 Å². The summed E-state index contributed by atoms with van der Waals surface area (Å²) in [6, 6.07) is 37.3. The minimum absolute atomic E-state index is 0.0418. The Balaban J connectivity index is 1.06. The smallest absolute Gasteiger partial charge is 0.234 e. The molecule has 3 nitrogen and oxygen atoms in total. The zero-order valence-electron chi connectivity index (χ0n) is 24.9. The summed E-state index contributed by atoms with van der Waals surface area (Å²) in [5.74, 6) is 0.679. The lowest BCUT2D eigenvalue weighted by Crippen LogP contribution is -2.16. The molecule has 0 unspecified atom stereocenters. The van der Waals surface area contributed by atoms with E-state index in [1.807, 2.05) is 12.4 Å². The summed E-state index contributed by atoms with van der Waals surface area (Å²) in [6.45, 7) is 4.73. The maximum absolute atomic E-state index is 4.89. The molecule has 0 bridgehead atoms. The Labute approximate surface area is 256 Å². The van der Waals surface area contributed by atoms with Gasteiger partial charge in [-0.1, -0.05) is 111 Å². The molecule has 2 aliphatic carbocycles. The van der Waals surface area contributed by atoms with Crippen LogP contribution in [0.15, 0.2) is 133 Å². The van der Waals surface area contributed by atoms with Gasteiger partial charge >= 0.3 is 0 Å². The van der Waals surface area contributed by atoms with Gasteiger partial charge < -0.3 is 0 Å². The molecule has 5 aromatic carbocycles. The summed E-state index contributed by atoms with van der Waals surface area (Å²) >= 11 is 0. The lowest BCUT2D eigenvalue weighted by molar-refractivity contribution is 0.651. The van der Waals surface area contributed by atoms with Crippen molar-refractivity contribution in [1.29, 1.82) is 0 Å². The third kappa shape index (κ3) is 3.62. The van der Waals surface area contributed by atoms with Gasteiger partial charge in [-0.15, -0.1) is 0 Å². The number of hydrogen-bond acceptors (Lipinski definition) is 2. The van der Waals surface area contributed by atoms with E-state index < -0.39 is 0 Å². The Morgan fingerprint density at radius 3 is 2.18 bits per heavy atom. The van der Waals surface area contributed by atoms with Crippen LogP contribution in [-0.4, -0.2) is 14.5 Å². The van der Waals surface area contributed by atoms with Gasteiger partial charge in [0.1, 0.15) is 0 Å². The SMILES string of the molecule is CC1(C)C2=C(CCC=C2)c2ccc(-c3ccc(-c4cnc(-n5c6ccccc6c6c7ccccc7ccc65)nc4)cc3)cc21. The molecule has 44 heavy (non-hydrogen) atoms. The van der Waals surface area contributed by atoms with Crippen LogP contribution < -0.4 is 0 Å². The van der Waals surface area contributed by atoms with Gasteiger partial charge in [-0.3, -0.25) is 4.57 Å². The number of allylic oxidation sites excluding steroid dienone is 4. The minimum atomic E-state index is 0.0418. The van der Waals surface area contributed by atoms with Gasteiger partial charge in [0, 0.05) is 34.1 Å². The van der Waals surface area contributed by atoms with Gasteiger partial charge in [-0.25, -0.2) is 9.97 Å². The van der Waals surface area contributed by atoms with E-state index in [1.165, 1.54) is 54.9 Å². The van der Waals surface area contributed by atoms with Gasteiger partial charge in [-0.2, -0.15) is 0 Å². The maximum Gasteiger partial charge on any atom is 0.234 e. The number of rotatable bonds is 3. The van der Waals surface area contributed by atoms with Crippen molar-refractivity contribution in [3.63, 3.8) is 0 Å². The summed E-state index contributed by atoms with van der Waals surface area (Å²) < 4.78 is 2.18. The molecular formula is C41H31N3. The van der Waals surface area contributed by atoms with Crippen LogP contribution in [0.3, 0.4) is 0 Å². The summed E-state index contributed by atoms with van der Waals surface area (Å²) in [7, 11) is 0. The summed E-state index contributed by atoms with van der Waals surface area (Å²) in [4.78, 5) is 9.78. The highest BCUT2D eigenvalue weighted by Gasteiger charge is 2.37. The number of nitrogens with zero attached hydrogens (tertiary/aromatic N) is 3. The average molecular weight is 566 g/mol. The van der Waals surface area contributed by atoms with Crippen LogP contribution in [0, 0.1) is 0 Å². The molecule has 0 aliphatic heterocycles. The van der Waals surface area contributed by atoms with Crippen molar-refractivity contribution in [2.75, 3.05) is 0 Å². The highest BCUT2D eigenvalue weighted by atomic mass is 15.1. The Kier molecular flexibility index (Phi) is 5.37. The molecule has 0 N–H and O–H groups in total. The van der Waals surface area contributed by atoms with Crippen molar-refractivity contribution >= 4 is 38.2 Å². The second kappa shape index (κ2) is 9.36.